The quantitative estimate of drug-likeness (QED) is 0.519. The van der Waals surface area contributed by atoms with E-state index < -0.39 is 5.83 Å². The summed E-state index contributed by atoms with van der Waals surface area (Å²) in [6, 6.07) is 0. The Labute approximate surface area is 118 Å². The first-order valence-electron chi connectivity index (χ1n) is 7.23. The van der Waals surface area contributed by atoms with E-state index in [2.05, 4.69) is 27.0 Å². The van der Waals surface area contributed by atoms with Crippen LogP contribution in [0.3, 0.4) is 0 Å². The first kappa shape index (κ1) is 17.9. The summed E-state index contributed by atoms with van der Waals surface area (Å²) in [7, 11) is 0. The number of allylic oxidation sites excluding steroid dienone is 6. The Morgan fingerprint density at radius 2 is 1.58 bits per heavy atom. The van der Waals surface area contributed by atoms with E-state index in [1.54, 1.807) is 6.08 Å². The Hall–Kier alpha value is -1.11. The number of hydrogen-bond acceptors (Lipinski definition) is 0. The van der Waals surface area contributed by atoms with Gasteiger partial charge < -0.3 is 0 Å². The van der Waals surface area contributed by atoms with Gasteiger partial charge in [-0.25, -0.2) is 4.39 Å². The minimum absolute atomic E-state index is 0.443. The van der Waals surface area contributed by atoms with Gasteiger partial charge in [-0.05, 0) is 37.3 Å². The third-order valence-electron chi connectivity index (χ3n) is 3.69. The van der Waals surface area contributed by atoms with Gasteiger partial charge in [0.25, 0.3) is 0 Å². The Kier molecular flexibility index (Phi) is 9.20. The third kappa shape index (κ3) is 8.58. The second-order valence-electron chi connectivity index (χ2n) is 5.57. The van der Waals surface area contributed by atoms with E-state index in [1.165, 1.54) is 31.8 Å². The molecule has 0 unspecified atom stereocenters. The Balaban J connectivity index is 0.000000356. The molecule has 1 saturated carbocycles. The van der Waals surface area contributed by atoms with Crippen LogP contribution in [-0.2, 0) is 0 Å². The van der Waals surface area contributed by atoms with E-state index in [1.807, 2.05) is 19.9 Å². The summed E-state index contributed by atoms with van der Waals surface area (Å²) in [6.07, 6.45) is 10.9. The summed E-state index contributed by atoms with van der Waals surface area (Å²) < 4.78 is 12.3. The van der Waals surface area contributed by atoms with Gasteiger partial charge in [-0.2, -0.15) is 0 Å². The lowest BCUT2D eigenvalue weighted by molar-refractivity contribution is 0.277. The van der Waals surface area contributed by atoms with Gasteiger partial charge >= 0.3 is 0 Å². The van der Waals surface area contributed by atoms with Crippen molar-refractivity contribution in [2.24, 2.45) is 11.8 Å². The second-order valence-corrected chi connectivity index (χ2v) is 5.57. The number of hydrogen-bond donors (Lipinski definition) is 0. The molecule has 1 heteroatoms. The first-order chi connectivity index (χ1) is 8.88. The molecule has 0 aromatic heterocycles. The number of rotatable bonds is 3. The van der Waals surface area contributed by atoms with E-state index >= 15 is 0 Å². The zero-order valence-corrected chi connectivity index (χ0v) is 13.0. The Morgan fingerprint density at radius 3 is 1.84 bits per heavy atom. The molecule has 0 aromatic carbocycles. The second kappa shape index (κ2) is 9.77. The molecule has 0 nitrogen and oxygen atoms in total. The predicted octanol–water partition coefficient (Wildman–Crippen LogP) is 6.38. The van der Waals surface area contributed by atoms with Crippen LogP contribution in [0.1, 0.15) is 53.4 Å². The van der Waals surface area contributed by atoms with Gasteiger partial charge in [0.2, 0.25) is 0 Å². The summed E-state index contributed by atoms with van der Waals surface area (Å²) in [5, 5.41) is 0. The van der Waals surface area contributed by atoms with Crippen LogP contribution in [0.5, 0.6) is 0 Å². The first-order valence-corrected chi connectivity index (χ1v) is 7.23. The third-order valence-corrected chi connectivity index (χ3v) is 3.69. The average Bonchev–Trinajstić information content (AvgIpc) is 2.33. The molecule has 0 radical (unpaired) electrons. The van der Waals surface area contributed by atoms with Crippen LogP contribution in [0.4, 0.5) is 4.39 Å². The minimum Gasteiger partial charge on any atom is -0.208 e. The molecule has 0 bridgehead atoms. The molecule has 0 spiro atoms. The lowest BCUT2D eigenvalue weighted by Gasteiger charge is -2.24. The molecule has 0 amide bonds. The monoisotopic (exact) mass is 264 g/mol. The molecule has 19 heavy (non-hydrogen) atoms. The Bertz CT molecular complexity index is 337. The number of halogens is 1. The van der Waals surface area contributed by atoms with Crippen molar-refractivity contribution in [3.05, 3.63) is 48.4 Å². The predicted molar refractivity (Wildman–Crippen MR) is 84.8 cm³/mol. The highest BCUT2D eigenvalue weighted by Crippen LogP contribution is 2.28. The van der Waals surface area contributed by atoms with Gasteiger partial charge in [0.15, 0.2) is 0 Å². The minimum atomic E-state index is -0.443. The average molecular weight is 264 g/mol. The molecule has 0 aliphatic heterocycles. The molecular weight excluding hydrogens is 235 g/mol. The van der Waals surface area contributed by atoms with Crippen molar-refractivity contribution in [1.29, 1.82) is 0 Å². The standard InChI is InChI=1S/C10H13F.C8H16/c1-5-6-10(8(2)3)7-9(4)11;1-7-5-3-4-6-8(7)2/h5-7H,2,4H2,1,3H3;7-8H,3-6H2,1-2H3/b6-5-,10-7+;/t;7-,8+. The van der Waals surface area contributed by atoms with Crippen molar-refractivity contribution in [2.45, 2.75) is 53.4 Å². The van der Waals surface area contributed by atoms with Crippen molar-refractivity contribution < 1.29 is 4.39 Å². The van der Waals surface area contributed by atoms with Crippen LogP contribution in [0, 0.1) is 11.8 Å². The fourth-order valence-electron chi connectivity index (χ4n) is 2.16. The van der Waals surface area contributed by atoms with Crippen molar-refractivity contribution in [2.75, 3.05) is 0 Å². The van der Waals surface area contributed by atoms with Gasteiger partial charge in [-0.1, -0.05) is 70.4 Å². The maximum atomic E-state index is 12.3. The van der Waals surface area contributed by atoms with Gasteiger partial charge in [0, 0.05) is 0 Å². The van der Waals surface area contributed by atoms with Crippen LogP contribution >= 0.6 is 0 Å². The highest BCUT2D eigenvalue weighted by Gasteiger charge is 2.15. The largest absolute Gasteiger partial charge is 0.208 e. The highest BCUT2D eigenvalue weighted by atomic mass is 19.1. The fraction of sp³-hybridized carbons (Fsp3) is 0.556. The van der Waals surface area contributed by atoms with Crippen molar-refractivity contribution in [3.8, 4) is 0 Å². The summed E-state index contributed by atoms with van der Waals surface area (Å²) in [5.41, 5.74) is 1.61. The van der Waals surface area contributed by atoms with E-state index in [4.69, 9.17) is 0 Å². The molecule has 2 atom stereocenters. The Morgan fingerprint density at radius 1 is 1.11 bits per heavy atom. The maximum Gasteiger partial charge on any atom is 0.116 e. The van der Waals surface area contributed by atoms with E-state index in [0.29, 0.717) is 0 Å². The molecule has 0 heterocycles. The van der Waals surface area contributed by atoms with Crippen molar-refractivity contribution in [1.82, 2.24) is 0 Å². The van der Waals surface area contributed by atoms with Gasteiger partial charge in [-0.3, -0.25) is 0 Å². The van der Waals surface area contributed by atoms with Crippen LogP contribution in [0.15, 0.2) is 48.4 Å². The van der Waals surface area contributed by atoms with E-state index in [-0.39, 0.29) is 0 Å². The molecule has 108 valence electrons. The molecule has 0 aromatic rings. The zero-order chi connectivity index (χ0) is 14.8. The maximum absolute atomic E-state index is 12.3. The molecule has 1 fully saturated rings. The fourth-order valence-corrected chi connectivity index (χ4v) is 2.16. The van der Waals surface area contributed by atoms with Crippen LogP contribution in [0.25, 0.3) is 0 Å². The topological polar surface area (TPSA) is 0 Å². The zero-order valence-electron chi connectivity index (χ0n) is 13.0. The van der Waals surface area contributed by atoms with E-state index in [0.717, 1.165) is 23.0 Å². The van der Waals surface area contributed by atoms with Crippen LogP contribution in [-0.4, -0.2) is 0 Å². The van der Waals surface area contributed by atoms with Crippen molar-refractivity contribution >= 4 is 0 Å². The summed E-state index contributed by atoms with van der Waals surface area (Å²) >= 11 is 0. The lowest BCUT2D eigenvalue weighted by Crippen LogP contribution is -2.12. The van der Waals surface area contributed by atoms with Crippen molar-refractivity contribution in [3.63, 3.8) is 0 Å². The summed E-state index contributed by atoms with van der Waals surface area (Å²) in [6.45, 7) is 15.3. The molecule has 1 aliphatic carbocycles. The molecule has 0 N–H and O–H groups in total. The van der Waals surface area contributed by atoms with E-state index in [9.17, 15) is 4.39 Å². The van der Waals surface area contributed by atoms with Gasteiger partial charge in [-0.15, -0.1) is 0 Å². The SMILES string of the molecule is C=C(F)/C=C(\C=C/C)C(=C)C.C[C@@H]1CCCC[C@@H]1C. The van der Waals surface area contributed by atoms with Gasteiger partial charge in [0.05, 0.1) is 0 Å². The molecule has 1 aliphatic rings. The highest BCUT2D eigenvalue weighted by molar-refractivity contribution is 5.39. The summed E-state index contributed by atoms with van der Waals surface area (Å²) in [5.74, 6) is 1.56. The molecule has 1 rings (SSSR count). The van der Waals surface area contributed by atoms with Gasteiger partial charge in [0.1, 0.15) is 5.83 Å². The molecular formula is C18H29F. The van der Waals surface area contributed by atoms with Crippen LogP contribution in [0.2, 0.25) is 0 Å². The lowest BCUT2D eigenvalue weighted by atomic mass is 9.82. The normalized spacial score (nSPS) is 23.7. The summed E-state index contributed by atoms with van der Waals surface area (Å²) in [4.78, 5) is 0. The molecule has 0 saturated heterocycles. The van der Waals surface area contributed by atoms with Crippen LogP contribution < -0.4 is 0 Å². The smallest absolute Gasteiger partial charge is 0.116 e.